The number of benzene rings is 1. The van der Waals surface area contributed by atoms with Crippen LogP contribution in [0.2, 0.25) is 0 Å². The SMILES string of the molecule is COc1ccc2c(c1)CCC[C@H]2CNCc1cn[nH]c1C. The van der Waals surface area contributed by atoms with E-state index in [4.69, 9.17) is 4.74 Å². The number of nitrogens with one attached hydrogen (secondary N) is 2. The Balaban J connectivity index is 1.64. The first kappa shape index (κ1) is 14.1. The van der Waals surface area contributed by atoms with E-state index in [9.17, 15) is 0 Å². The number of methoxy groups -OCH3 is 1. The average Bonchev–Trinajstić information content (AvgIpc) is 2.92. The van der Waals surface area contributed by atoms with Crippen molar-refractivity contribution in [2.75, 3.05) is 13.7 Å². The Kier molecular flexibility index (Phi) is 4.25. The van der Waals surface area contributed by atoms with Gasteiger partial charge in [-0.05, 0) is 55.4 Å². The number of ether oxygens (including phenoxy) is 1. The lowest BCUT2D eigenvalue weighted by molar-refractivity contribution is 0.412. The summed E-state index contributed by atoms with van der Waals surface area (Å²) >= 11 is 0. The first-order chi connectivity index (χ1) is 10.3. The highest BCUT2D eigenvalue weighted by molar-refractivity contribution is 5.39. The van der Waals surface area contributed by atoms with Crippen LogP contribution >= 0.6 is 0 Å². The summed E-state index contributed by atoms with van der Waals surface area (Å²) in [7, 11) is 1.73. The third-order valence-corrected chi connectivity index (χ3v) is 4.43. The Morgan fingerprint density at radius 2 is 2.33 bits per heavy atom. The van der Waals surface area contributed by atoms with Crippen LogP contribution in [0.4, 0.5) is 0 Å². The van der Waals surface area contributed by atoms with Crippen molar-refractivity contribution in [3.63, 3.8) is 0 Å². The molecule has 0 unspecified atom stereocenters. The zero-order valence-corrected chi connectivity index (χ0v) is 12.8. The molecule has 112 valence electrons. The predicted molar refractivity (Wildman–Crippen MR) is 83.7 cm³/mol. The molecule has 0 aliphatic heterocycles. The standard InChI is InChI=1S/C17H23N3O/c1-12-15(11-19-20-12)10-18-9-14-5-3-4-13-8-16(21-2)6-7-17(13)14/h6-8,11,14,18H,3-5,9-10H2,1-2H3,(H,19,20)/t14-/m0/s1. The highest BCUT2D eigenvalue weighted by Gasteiger charge is 2.20. The summed E-state index contributed by atoms with van der Waals surface area (Å²) in [6.07, 6.45) is 5.60. The lowest BCUT2D eigenvalue weighted by atomic mass is 9.82. The van der Waals surface area contributed by atoms with Crippen molar-refractivity contribution in [3.8, 4) is 5.75 Å². The summed E-state index contributed by atoms with van der Waals surface area (Å²) in [5.74, 6) is 1.57. The third kappa shape index (κ3) is 3.10. The fourth-order valence-electron chi connectivity index (χ4n) is 3.17. The van der Waals surface area contributed by atoms with Crippen LogP contribution in [0.1, 0.15) is 41.1 Å². The van der Waals surface area contributed by atoms with Crippen LogP contribution in [0.3, 0.4) is 0 Å². The van der Waals surface area contributed by atoms with E-state index < -0.39 is 0 Å². The van der Waals surface area contributed by atoms with Crippen molar-refractivity contribution in [3.05, 3.63) is 46.8 Å². The van der Waals surface area contributed by atoms with Gasteiger partial charge in [0.25, 0.3) is 0 Å². The Hall–Kier alpha value is -1.81. The molecule has 0 saturated carbocycles. The van der Waals surface area contributed by atoms with Gasteiger partial charge in [0, 0.05) is 24.3 Å². The number of aromatic nitrogens is 2. The molecule has 0 spiro atoms. The van der Waals surface area contributed by atoms with Gasteiger partial charge < -0.3 is 10.1 Å². The van der Waals surface area contributed by atoms with Gasteiger partial charge in [-0.1, -0.05) is 6.07 Å². The molecule has 1 atom stereocenters. The normalized spacial score (nSPS) is 17.5. The largest absolute Gasteiger partial charge is 0.497 e. The maximum Gasteiger partial charge on any atom is 0.119 e. The molecule has 1 aromatic carbocycles. The average molecular weight is 285 g/mol. The molecule has 0 bridgehead atoms. The van der Waals surface area contributed by atoms with E-state index in [2.05, 4.69) is 40.6 Å². The second kappa shape index (κ2) is 6.31. The number of hydrogen-bond donors (Lipinski definition) is 2. The van der Waals surface area contributed by atoms with Crippen molar-refractivity contribution in [1.82, 2.24) is 15.5 Å². The fourth-order valence-corrected chi connectivity index (χ4v) is 3.17. The van der Waals surface area contributed by atoms with E-state index >= 15 is 0 Å². The molecule has 0 saturated heterocycles. The van der Waals surface area contributed by atoms with Gasteiger partial charge in [0.05, 0.1) is 13.3 Å². The number of rotatable bonds is 5. The lowest BCUT2D eigenvalue weighted by Crippen LogP contribution is -2.24. The van der Waals surface area contributed by atoms with E-state index in [0.29, 0.717) is 5.92 Å². The number of aromatic amines is 1. The van der Waals surface area contributed by atoms with Gasteiger partial charge in [-0.3, -0.25) is 5.10 Å². The monoisotopic (exact) mass is 285 g/mol. The van der Waals surface area contributed by atoms with Crippen LogP contribution in [-0.2, 0) is 13.0 Å². The van der Waals surface area contributed by atoms with E-state index in [0.717, 1.165) is 24.5 Å². The van der Waals surface area contributed by atoms with Gasteiger partial charge in [0.1, 0.15) is 5.75 Å². The van der Waals surface area contributed by atoms with Gasteiger partial charge in [-0.2, -0.15) is 5.10 Å². The molecule has 1 aliphatic rings. The summed E-state index contributed by atoms with van der Waals surface area (Å²) < 4.78 is 5.33. The highest BCUT2D eigenvalue weighted by Crippen LogP contribution is 2.33. The summed E-state index contributed by atoms with van der Waals surface area (Å²) in [6.45, 7) is 3.96. The van der Waals surface area contributed by atoms with E-state index in [1.807, 2.05) is 6.20 Å². The van der Waals surface area contributed by atoms with Crippen molar-refractivity contribution < 1.29 is 4.74 Å². The molecule has 0 fully saturated rings. The molecule has 1 aliphatic carbocycles. The van der Waals surface area contributed by atoms with Crippen LogP contribution in [0.25, 0.3) is 0 Å². The van der Waals surface area contributed by atoms with Crippen molar-refractivity contribution in [2.45, 2.75) is 38.6 Å². The van der Waals surface area contributed by atoms with Crippen LogP contribution in [0.5, 0.6) is 5.75 Å². The zero-order chi connectivity index (χ0) is 14.7. The molecule has 1 heterocycles. The molecule has 1 aromatic heterocycles. The predicted octanol–water partition coefficient (Wildman–Crippen LogP) is 2.94. The summed E-state index contributed by atoms with van der Waals surface area (Å²) in [4.78, 5) is 0. The van der Waals surface area contributed by atoms with Crippen LogP contribution in [0, 0.1) is 6.92 Å². The van der Waals surface area contributed by atoms with Crippen molar-refractivity contribution in [2.24, 2.45) is 0 Å². The maximum absolute atomic E-state index is 5.33. The molecule has 21 heavy (non-hydrogen) atoms. The van der Waals surface area contributed by atoms with Gasteiger partial charge in [0.15, 0.2) is 0 Å². The van der Waals surface area contributed by atoms with Gasteiger partial charge in [0.2, 0.25) is 0 Å². The molecular weight excluding hydrogens is 262 g/mol. The second-order valence-corrected chi connectivity index (χ2v) is 5.81. The Morgan fingerprint density at radius 1 is 1.43 bits per heavy atom. The number of fused-ring (bicyclic) bond motifs is 1. The quantitative estimate of drug-likeness (QED) is 0.888. The number of nitrogens with zero attached hydrogens (tertiary/aromatic N) is 1. The smallest absolute Gasteiger partial charge is 0.119 e. The third-order valence-electron chi connectivity index (χ3n) is 4.43. The molecule has 2 aromatic rings. The van der Waals surface area contributed by atoms with Crippen molar-refractivity contribution in [1.29, 1.82) is 0 Å². The minimum atomic E-state index is 0.604. The minimum absolute atomic E-state index is 0.604. The van der Waals surface area contributed by atoms with Gasteiger partial charge >= 0.3 is 0 Å². The molecule has 0 radical (unpaired) electrons. The van der Waals surface area contributed by atoms with E-state index in [1.54, 1.807) is 7.11 Å². The topological polar surface area (TPSA) is 49.9 Å². The zero-order valence-electron chi connectivity index (χ0n) is 12.8. The minimum Gasteiger partial charge on any atom is -0.497 e. The first-order valence-electron chi connectivity index (χ1n) is 7.64. The van der Waals surface area contributed by atoms with Crippen LogP contribution in [0.15, 0.2) is 24.4 Å². The molecule has 3 rings (SSSR count). The highest BCUT2D eigenvalue weighted by atomic mass is 16.5. The molecule has 0 amide bonds. The molecule has 2 N–H and O–H groups in total. The van der Waals surface area contributed by atoms with Gasteiger partial charge in [-0.15, -0.1) is 0 Å². The van der Waals surface area contributed by atoms with Crippen molar-refractivity contribution >= 4 is 0 Å². The Labute approximate surface area is 125 Å². The number of aryl methyl sites for hydroxylation is 2. The van der Waals surface area contributed by atoms with Crippen LogP contribution in [-0.4, -0.2) is 23.9 Å². The molecule has 4 heteroatoms. The lowest BCUT2D eigenvalue weighted by Gasteiger charge is -2.26. The summed E-state index contributed by atoms with van der Waals surface area (Å²) in [5.41, 5.74) is 5.34. The van der Waals surface area contributed by atoms with E-state index in [1.165, 1.54) is 36.0 Å². The summed E-state index contributed by atoms with van der Waals surface area (Å²) in [5, 5.41) is 10.6. The van der Waals surface area contributed by atoms with Crippen LogP contribution < -0.4 is 10.1 Å². The summed E-state index contributed by atoms with van der Waals surface area (Å²) in [6, 6.07) is 6.52. The fraction of sp³-hybridized carbons (Fsp3) is 0.471. The Bertz CT molecular complexity index is 606. The molecular formula is C17H23N3O. The first-order valence-corrected chi connectivity index (χ1v) is 7.64. The number of H-pyrrole nitrogens is 1. The maximum atomic E-state index is 5.33. The van der Waals surface area contributed by atoms with E-state index in [-0.39, 0.29) is 0 Å². The number of hydrogen-bond acceptors (Lipinski definition) is 3. The Morgan fingerprint density at radius 3 is 3.10 bits per heavy atom. The molecule has 4 nitrogen and oxygen atoms in total. The second-order valence-electron chi connectivity index (χ2n) is 5.81. The van der Waals surface area contributed by atoms with Gasteiger partial charge in [-0.25, -0.2) is 0 Å².